The molecule has 0 spiro atoms. The zero-order valence-electron chi connectivity index (χ0n) is 14.7. The van der Waals surface area contributed by atoms with E-state index >= 15 is 0 Å². The highest BCUT2D eigenvalue weighted by atomic mass is 32.2. The number of ether oxygens (including phenoxy) is 2. The van der Waals surface area contributed by atoms with Crippen molar-refractivity contribution in [1.29, 1.82) is 0 Å². The number of thioether (sulfide) groups is 1. The maximum Gasteiger partial charge on any atom is 0.258 e. The lowest BCUT2D eigenvalue weighted by Crippen LogP contribution is -2.12. The Balaban J connectivity index is 1.76. The number of hydrogen-bond acceptors (Lipinski definition) is 6. The zero-order chi connectivity index (χ0) is 18.4. The van der Waals surface area contributed by atoms with E-state index < -0.39 is 0 Å². The van der Waals surface area contributed by atoms with Crippen LogP contribution in [-0.4, -0.2) is 37.0 Å². The van der Waals surface area contributed by atoms with Crippen molar-refractivity contribution in [2.24, 2.45) is 0 Å². The number of rotatable bonds is 8. The number of benzene rings is 2. The van der Waals surface area contributed by atoms with Crippen LogP contribution in [0.2, 0.25) is 0 Å². The van der Waals surface area contributed by atoms with Crippen LogP contribution in [0.5, 0.6) is 5.75 Å². The molecule has 7 heteroatoms. The van der Waals surface area contributed by atoms with Gasteiger partial charge in [-0.1, -0.05) is 23.5 Å². The summed E-state index contributed by atoms with van der Waals surface area (Å²) < 4.78 is 11.6. The second-order valence-electron chi connectivity index (χ2n) is 5.37. The van der Waals surface area contributed by atoms with Gasteiger partial charge in [-0.15, -0.1) is 11.8 Å². The Morgan fingerprint density at radius 1 is 1.27 bits per heavy atom. The summed E-state index contributed by atoms with van der Waals surface area (Å²) in [5, 5.41) is 3.49. The molecule has 0 saturated carbocycles. The Morgan fingerprint density at radius 3 is 2.92 bits per heavy atom. The van der Waals surface area contributed by atoms with E-state index in [0.717, 1.165) is 26.6 Å². The predicted octanol–water partition coefficient (Wildman–Crippen LogP) is 4.69. The number of hydrogen-bond donors (Lipinski definition) is 1. The average molecular weight is 389 g/mol. The van der Waals surface area contributed by atoms with Gasteiger partial charge in [0.1, 0.15) is 5.75 Å². The van der Waals surface area contributed by atoms with Gasteiger partial charge in [-0.3, -0.25) is 10.1 Å². The van der Waals surface area contributed by atoms with E-state index in [9.17, 15) is 4.79 Å². The summed E-state index contributed by atoms with van der Waals surface area (Å²) in [5.41, 5.74) is 1.49. The molecule has 1 aromatic heterocycles. The monoisotopic (exact) mass is 388 g/mol. The lowest BCUT2D eigenvalue weighted by molar-refractivity contribution is 0.102. The smallest absolute Gasteiger partial charge is 0.258 e. The predicted molar refractivity (Wildman–Crippen MR) is 108 cm³/mol. The second kappa shape index (κ2) is 9.02. The summed E-state index contributed by atoms with van der Waals surface area (Å²) in [4.78, 5) is 18.1. The van der Waals surface area contributed by atoms with Crippen LogP contribution < -0.4 is 10.1 Å². The second-order valence-corrected chi connectivity index (χ2v) is 7.54. The molecule has 26 heavy (non-hydrogen) atoms. The van der Waals surface area contributed by atoms with Crippen molar-refractivity contribution in [3.05, 3.63) is 48.0 Å². The molecule has 1 amide bonds. The highest BCUT2D eigenvalue weighted by Crippen LogP contribution is 2.30. The van der Waals surface area contributed by atoms with Gasteiger partial charge in [0, 0.05) is 17.8 Å². The summed E-state index contributed by atoms with van der Waals surface area (Å²) in [7, 11) is 1.67. The summed E-state index contributed by atoms with van der Waals surface area (Å²) in [6, 6.07) is 13.3. The first-order valence-corrected chi connectivity index (χ1v) is 10.1. The number of nitrogens with one attached hydrogen (secondary N) is 1. The number of anilines is 1. The van der Waals surface area contributed by atoms with Crippen LogP contribution in [-0.2, 0) is 4.74 Å². The van der Waals surface area contributed by atoms with E-state index in [0.29, 0.717) is 23.9 Å². The Bertz CT molecular complexity index is 895. The van der Waals surface area contributed by atoms with E-state index in [1.54, 1.807) is 18.9 Å². The Kier molecular flexibility index (Phi) is 6.49. The van der Waals surface area contributed by atoms with E-state index in [-0.39, 0.29) is 5.91 Å². The minimum Gasteiger partial charge on any atom is -0.494 e. The van der Waals surface area contributed by atoms with Gasteiger partial charge in [0.2, 0.25) is 0 Å². The van der Waals surface area contributed by atoms with Crippen LogP contribution in [0.15, 0.2) is 47.4 Å². The topological polar surface area (TPSA) is 60.5 Å². The van der Waals surface area contributed by atoms with Crippen molar-refractivity contribution in [3.8, 4) is 5.75 Å². The first-order chi connectivity index (χ1) is 12.7. The highest BCUT2D eigenvalue weighted by Gasteiger charge is 2.14. The van der Waals surface area contributed by atoms with Gasteiger partial charge in [0.05, 0.1) is 29.0 Å². The Morgan fingerprint density at radius 2 is 2.12 bits per heavy atom. The van der Waals surface area contributed by atoms with Crippen LogP contribution in [0.25, 0.3) is 10.2 Å². The number of nitrogens with zero attached hydrogens (tertiary/aromatic N) is 1. The minimum atomic E-state index is -0.158. The number of carbonyl (C=O) groups is 1. The van der Waals surface area contributed by atoms with Crippen molar-refractivity contribution in [2.45, 2.75) is 11.8 Å². The van der Waals surface area contributed by atoms with Crippen molar-refractivity contribution < 1.29 is 14.3 Å². The van der Waals surface area contributed by atoms with Gasteiger partial charge in [-0.2, -0.15) is 0 Å². The molecule has 3 rings (SSSR count). The first-order valence-electron chi connectivity index (χ1n) is 8.26. The molecule has 1 heterocycles. The molecule has 136 valence electrons. The fourth-order valence-electron chi connectivity index (χ4n) is 2.39. The molecular formula is C19H20N2O3S2. The van der Waals surface area contributed by atoms with Crippen LogP contribution in [0.4, 0.5) is 5.13 Å². The minimum absolute atomic E-state index is 0.158. The molecular weight excluding hydrogens is 368 g/mol. The summed E-state index contributed by atoms with van der Waals surface area (Å²) >= 11 is 3.04. The lowest BCUT2D eigenvalue weighted by Gasteiger charge is -2.08. The van der Waals surface area contributed by atoms with Crippen molar-refractivity contribution in [2.75, 3.05) is 31.4 Å². The number of aromatic nitrogens is 1. The fourth-order valence-corrected chi connectivity index (χ4v) is 4.24. The van der Waals surface area contributed by atoms with Crippen molar-refractivity contribution >= 4 is 44.4 Å². The van der Waals surface area contributed by atoms with Gasteiger partial charge >= 0.3 is 0 Å². The van der Waals surface area contributed by atoms with E-state index in [1.165, 1.54) is 11.3 Å². The van der Waals surface area contributed by atoms with Gasteiger partial charge < -0.3 is 9.47 Å². The molecule has 1 N–H and O–H groups in total. The Labute approximate surface area is 160 Å². The van der Waals surface area contributed by atoms with E-state index in [1.807, 2.05) is 49.4 Å². The molecule has 0 bridgehead atoms. The lowest BCUT2D eigenvalue weighted by atomic mass is 10.2. The summed E-state index contributed by atoms with van der Waals surface area (Å²) in [5.74, 6) is 1.44. The number of amides is 1. The van der Waals surface area contributed by atoms with E-state index in [2.05, 4.69) is 10.3 Å². The fraction of sp³-hybridized carbons (Fsp3) is 0.263. The van der Waals surface area contributed by atoms with Crippen molar-refractivity contribution in [3.63, 3.8) is 0 Å². The highest BCUT2D eigenvalue weighted by molar-refractivity contribution is 7.99. The van der Waals surface area contributed by atoms with Crippen LogP contribution >= 0.6 is 23.1 Å². The average Bonchev–Trinajstić information content (AvgIpc) is 3.04. The van der Waals surface area contributed by atoms with Crippen molar-refractivity contribution in [1.82, 2.24) is 4.98 Å². The van der Waals surface area contributed by atoms with Crippen LogP contribution in [0.3, 0.4) is 0 Å². The SMILES string of the molecule is CCOc1ccc2nc(NC(=O)c3ccccc3SCCOC)sc2c1. The van der Waals surface area contributed by atoms with Crippen LogP contribution in [0.1, 0.15) is 17.3 Å². The molecule has 0 saturated heterocycles. The molecule has 3 aromatic rings. The third-order valence-corrected chi connectivity index (χ3v) is 5.54. The van der Waals surface area contributed by atoms with E-state index in [4.69, 9.17) is 9.47 Å². The molecule has 5 nitrogen and oxygen atoms in total. The third-order valence-electron chi connectivity index (χ3n) is 3.57. The molecule has 0 aliphatic carbocycles. The molecule has 2 aromatic carbocycles. The van der Waals surface area contributed by atoms with Crippen LogP contribution in [0, 0.1) is 0 Å². The third kappa shape index (κ3) is 4.55. The number of carbonyl (C=O) groups excluding carboxylic acids is 1. The number of thiazole rings is 1. The summed E-state index contributed by atoms with van der Waals surface area (Å²) in [6.07, 6.45) is 0. The normalized spacial score (nSPS) is 10.8. The quantitative estimate of drug-likeness (QED) is 0.448. The first kappa shape index (κ1) is 18.7. The van der Waals surface area contributed by atoms with Gasteiger partial charge in [-0.25, -0.2) is 4.98 Å². The number of fused-ring (bicyclic) bond motifs is 1. The standard InChI is InChI=1S/C19H20N2O3S2/c1-3-24-13-8-9-15-17(12-13)26-19(20-15)21-18(22)14-6-4-5-7-16(14)25-11-10-23-2/h4-9,12H,3,10-11H2,1-2H3,(H,20,21,22). The molecule has 0 aliphatic rings. The van der Waals surface area contributed by atoms with Gasteiger partial charge in [0.15, 0.2) is 5.13 Å². The molecule has 0 atom stereocenters. The van der Waals surface area contributed by atoms with Gasteiger partial charge in [0.25, 0.3) is 5.91 Å². The molecule has 0 fully saturated rings. The zero-order valence-corrected chi connectivity index (χ0v) is 16.3. The van der Waals surface area contributed by atoms with Gasteiger partial charge in [-0.05, 0) is 37.3 Å². The number of methoxy groups -OCH3 is 1. The maximum atomic E-state index is 12.7. The largest absolute Gasteiger partial charge is 0.494 e. The maximum absolute atomic E-state index is 12.7. The molecule has 0 unspecified atom stereocenters. The molecule has 0 radical (unpaired) electrons. The Hall–Kier alpha value is -2.09. The summed E-state index contributed by atoms with van der Waals surface area (Å²) in [6.45, 7) is 3.21. The molecule has 0 aliphatic heterocycles.